The number of rotatable bonds is 4. The maximum Gasteiger partial charge on any atom is 0.134 e. The van der Waals surface area contributed by atoms with E-state index in [-0.39, 0.29) is 12.1 Å². The molecule has 3 heteroatoms. The highest BCUT2D eigenvalue weighted by molar-refractivity contribution is 5.82. The lowest BCUT2D eigenvalue weighted by Gasteiger charge is -2.19. The molecule has 2 atom stereocenters. The molecule has 0 spiro atoms. The molecule has 0 saturated carbocycles. The summed E-state index contributed by atoms with van der Waals surface area (Å²) in [5.74, 6) is 1.01. The fourth-order valence-corrected chi connectivity index (χ4v) is 2.81. The number of nitrogens with one attached hydrogen (secondary N) is 1. The summed E-state index contributed by atoms with van der Waals surface area (Å²) in [6.07, 6.45) is 3.65. The monoisotopic (exact) mass is 280 g/mol. The van der Waals surface area contributed by atoms with Crippen molar-refractivity contribution in [2.24, 2.45) is 0 Å². The SMILES string of the molecule is Cc1c(C(C)NC(C)c2ccncc2)oc2ccccc12. The fraction of sp³-hybridized carbons (Fsp3) is 0.278. The number of hydrogen-bond donors (Lipinski definition) is 1. The zero-order chi connectivity index (χ0) is 14.8. The van der Waals surface area contributed by atoms with Gasteiger partial charge in [0.2, 0.25) is 0 Å². The number of nitrogens with zero attached hydrogens (tertiary/aromatic N) is 1. The second kappa shape index (κ2) is 5.70. The number of benzene rings is 1. The molecule has 0 aliphatic rings. The van der Waals surface area contributed by atoms with Gasteiger partial charge in [0.25, 0.3) is 0 Å². The third kappa shape index (κ3) is 2.69. The minimum absolute atomic E-state index is 0.153. The zero-order valence-corrected chi connectivity index (χ0v) is 12.6. The molecule has 3 aromatic rings. The van der Waals surface area contributed by atoms with Crippen molar-refractivity contribution in [2.75, 3.05) is 0 Å². The van der Waals surface area contributed by atoms with Gasteiger partial charge in [-0.25, -0.2) is 0 Å². The number of pyridine rings is 1. The Labute approximate surface area is 125 Å². The van der Waals surface area contributed by atoms with Crippen molar-refractivity contribution in [1.29, 1.82) is 0 Å². The van der Waals surface area contributed by atoms with Crippen molar-refractivity contribution in [3.05, 3.63) is 65.7 Å². The fourth-order valence-electron chi connectivity index (χ4n) is 2.81. The van der Waals surface area contributed by atoms with E-state index >= 15 is 0 Å². The first-order valence-electron chi connectivity index (χ1n) is 7.31. The van der Waals surface area contributed by atoms with Crippen LogP contribution in [0, 0.1) is 6.92 Å². The van der Waals surface area contributed by atoms with Gasteiger partial charge in [0, 0.05) is 23.8 Å². The summed E-state index contributed by atoms with van der Waals surface area (Å²) >= 11 is 0. The molecule has 0 aliphatic heterocycles. The van der Waals surface area contributed by atoms with E-state index in [0.29, 0.717) is 0 Å². The highest BCUT2D eigenvalue weighted by Gasteiger charge is 2.18. The van der Waals surface area contributed by atoms with Gasteiger partial charge in [0.15, 0.2) is 0 Å². The Morgan fingerprint density at radius 1 is 1.00 bits per heavy atom. The van der Waals surface area contributed by atoms with Gasteiger partial charge in [-0.3, -0.25) is 4.98 Å². The van der Waals surface area contributed by atoms with Gasteiger partial charge in [-0.05, 0) is 50.1 Å². The van der Waals surface area contributed by atoms with Gasteiger partial charge >= 0.3 is 0 Å². The van der Waals surface area contributed by atoms with Crippen molar-refractivity contribution >= 4 is 11.0 Å². The minimum atomic E-state index is 0.153. The molecule has 108 valence electrons. The van der Waals surface area contributed by atoms with Crippen LogP contribution in [0.2, 0.25) is 0 Å². The Morgan fingerprint density at radius 3 is 2.43 bits per heavy atom. The summed E-state index contributed by atoms with van der Waals surface area (Å²) in [5.41, 5.74) is 3.40. The van der Waals surface area contributed by atoms with E-state index in [9.17, 15) is 0 Å². The van der Waals surface area contributed by atoms with Crippen LogP contribution in [-0.4, -0.2) is 4.98 Å². The lowest BCUT2D eigenvalue weighted by molar-refractivity contribution is 0.414. The van der Waals surface area contributed by atoms with E-state index in [1.807, 2.05) is 42.7 Å². The molecule has 0 bridgehead atoms. The average molecular weight is 280 g/mol. The smallest absolute Gasteiger partial charge is 0.134 e. The maximum atomic E-state index is 6.02. The Bertz CT molecular complexity index is 733. The summed E-state index contributed by atoms with van der Waals surface area (Å²) in [7, 11) is 0. The first-order valence-corrected chi connectivity index (χ1v) is 7.31. The number of aryl methyl sites for hydroxylation is 1. The predicted octanol–water partition coefficient (Wildman–Crippen LogP) is 4.55. The van der Waals surface area contributed by atoms with E-state index in [2.05, 4.69) is 37.1 Å². The van der Waals surface area contributed by atoms with Crippen molar-refractivity contribution in [3.8, 4) is 0 Å². The normalized spacial score (nSPS) is 14.2. The van der Waals surface area contributed by atoms with E-state index in [0.717, 1.165) is 11.3 Å². The first-order chi connectivity index (χ1) is 10.2. The van der Waals surface area contributed by atoms with Crippen LogP contribution < -0.4 is 5.32 Å². The van der Waals surface area contributed by atoms with E-state index in [4.69, 9.17) is 4.42 Å². The van der Waals surface area contributed by atoms with E-state index in [1.165, 1.54) is 16.5 Å². The highest BCUT2D eigenvalue weighted by atomic mass is 16.3. The third-order valence-corrected chi connectivity index (χ3v) is 3.98. The Hall–Kier alpha value is -2.13. The predicted molar refractivity (Wildman–Crippen MR) is 85.2 cm³/mol. The Balaban J connectivity index is 1.84. The molecule has 0 saturated heterocycles. The van der Waals surface area contributed by atoms with Gasteiger partial charge < -0.3 is 9.73 Å². The van der Waals surface area contributed by atoms with Crippen molar-refractivity contribution in [2.45, 2.75) is 32.9 Å². The average Bonchev–Trinajstić information content (AvgIpc) is 2.86. The molecule has 21 heavy (non-hydrogen) atoms. The molecule has 3 rings (SSSR count). The van der Waals surface area contributed by atoms with Crippen molar-refractivity contribution in [1.82, 2.24) is 10.3 Å². The van der Waals surface area contributed by atoms with Crippen LogP contribution >= 0.6 is 0 Å². The quantitative estimate of drug-likeness (QED) is 0.762. The second-order valence-electron chi connectivity index (χ2n) is 5.48. The Morgan fingerprint density at radius 2 is 1.71 bits per heavy atom. The van der Waals surface area contributed by atoms with Gasteiger partial charge in [-0.15, -0.1) is 0 Å². The largest absolute Gasteiger partial charge is 0.459 e. The summed E-state index contributed by atoms with van der Waals surface area (Å²) in [5, 5.41) is 4.79. The number of furan rings is 1. The van der Waals surface area contributed by atoms with Crippen molar-refractivity contribution < 1.29 is 4.42 Å². The lowest BCUT2D eigenvalue weighted by atomic mass is 10.1. The van der Waals surface area contributed by atoms with Crippen molar-refractivity contribution in [3.63, 3.8) is 0 Å². The van der Waals surface area contributed by atoms with E-state index < -0.39 is 0 Å². The third-order valence-electron chi connectivity index (χ3n) is 3.98. The van der Waals surface area contributed by atoms with Crippen LogP contribution in [0.25, 0.3) is 11.0 Å². The van der Waals surface area contributed by atoms with Crippen LogP contribution in [0.3, 0.4) is 0 Å². The molecular weight excluding hydrogens is 260 g/mol. The van der Waals surface area contributed by atoms with Gasteiger partial charge in [-0.2, -0.15) is 0 Å². The zero-order valence-electron chi connectivity index (χ0n) is 12.6. The van der Waals surface area contributed by atoms with Crippen LogP contribution in [0.4, 0.5) is 0 Å². The molecule has 1 N–H and O–H groups in total. The second-order valence-corrected chi connectivity index (χ2v) is 5.48. The number of para-hydroxylation sites is 1. The highest BCUT2D eigenvalue weighted by Crippen LogP contribution is 2.30. The topological polar surface area (TPSA) is 38.1 Å². The van der Waals surface area contributed by atoms with Gasteiger partial charge in [-0.1, -0.05) is 18.2 Å². The lowest BCUT2D eigenvalue weighted by Crippen LogP contribution is -2.22. The van der Waals surface area contributed by atoms with E-state index in [1.54, 1.807) is 0 Å². The number of fused-ring (bicyclic) bond motifs is 1. The molecule has 2 heterocycles. The molecule has 1 aromatic carbocycles. The van der Waals surface area contributed by atoms with Crippen LogP contribution in [0.1, 0.15) is 42.8 Å². The summed E-state index contributed by atoms with van der Waals surface area (Å²) in [6, 6.07) is 12.7. The summed E-state index contributed by atoms with van der Waals surface area (Å²) in [6.45, 7) is 6.42. The Kier molecular flexibility index (Phi) is 3.76. The molecule has 0 fully saturated rings. The first kappa shape index (κ1) is 13.8. The summed E-state index contributed by atoms with van der Waals surface area (Å²) < 4.78 is 6.02. The standard InChI is InChI=1S/C18H20N2O/c1-12-16-6-4-5-7-17(16)21-18(12)14(3)20-13(2)15-8-10-19-11-9-15/h4-11,13-14,20H,1-3H3. The van der Waals surface area contributed by atoms with Gasteiger partial charge in [0.1, 0.15) is 11.3 Å². The number of hydrogen-bond acceptors (Lipinski definition) is 3. The maximum absolute atomic E-state index is 6.02. The molecular formula is C18H20N2O. The van der Waals surface area contributed by atoms with Gasteiger partial charge in [0.05, 0.1) is 6.04 Å². The van der Waals surface area contributed by atoms with Crippen LogP contribution in [-0.2, 0) is 0 Å². The molecule has 0 radical (unpaired) electrons. The summed E-state index contributed by atoms with van der Waals surface area (Å²) in [4.78, 5) is 4.06. The molecule has 0 amide bonds. The minimum Gasteiger partial charge on any atom is -0.459 e. The molecule has 2 unspecified atom stereocenters. The molecule has 2 aromatic heterocycles. The number of aromatic nitrogens is 1. The molecule has 0 aliphatic carbocycles. The van der Waals surface area contributed by atoms with Crippen LogP contribution in [0.15, 0.2) is 53.2 Å². The van der Waals surface area contributed by atoms with Crippen LogP contribution in [0.5, 0.6) is 0 Å². The molecule has 3 nitrogen and oxygen atoms in total.